The van der Waals surface area contributed by atoms with Crippen molar-refractivity contribution in [2.24, 2.45) is 0 Å². The summed E-state index contributed by atoms with van der Waals surface area (Å²) in [5, 5.41) is 0. The average Bonchev–Trinajstić information content (AvgIpc) is 3.13. The topological polar surface area (TPSA) is 51.8 Å². The van der Waals surface area contributed by atoms with Crippen LogP contribution in [0.4, 0.5) is 5.82 Å². The SMILES string of the molecule is Nc1ccnc(-c2ccccc2C2CC2)n1. The summed E-state index contributed by atoms with van der Waals surface area (Å²) in [5.41, 5.74) is 8.16. The van der Waals surface area contributed by atoms with Gasteiger partial charge in [0.15, 0.2) is 5.82 Å². The summed E-state index contributed by atoms with van der Waals surface area (Å²) in [5.74, 6) is 1.96. The number of nitrogen functional groups attached to an aromatic ring is 1. The third-order valence-corrected chi connectivity index (χ3v) is 2.90. The first kappa shape index (κ1) is 9.33. The van der Waals surface area contributed by atoms with Crippen LogP contribution in [0.3, 0.4) is 0 Å². The number of nitrogens with zero attached hydrogens (tertiary/aromatic N) is 2. The summed E-state index contributed by atoms with van der Waals surface area (Å²) in [6.07, 6.45) is 4.26. The molecule has 0 amide bonds. The van der Waals surface area contributed by atoms with E-state index in [4.69, 9.17) is 5.73 Å². The van der Waals surface area contributed by atoms with Crippen LogP contribution < -0.4 is 5.73 Å². The van der Waals surface area contributed by atoms with E-state index in [1.54, 1.807) is 12.3 Å². The fourth-order valence-electron chi connectivity index (χ4n) is 1.95. The van der Waals surface area contributed by atoms with Crippen molar-refractivity contribution in [1.82, 2.24) is 9.97 Å². The first-order valence-corrected chi connectivity index (χ1v) is 5.52. The van der Waals surface area contributed by atoms with Crippen LogP contribution in [0, 0.1) is 0 Å². The number of rotatable bonds is 2. The summed E-state index contributed by atoms with van der Waals surface area (Å²) in [6, 6.07) is 10.0. The summed E-state index contributed by atoms with van der Waals surface area (Å²) in [6.45, 7) is 0. The minimum Gasteiger partial charge on any atom is -0.384 e. The Bertz CT molecular complexity index is 518. The van der Waals surface area contributed by atoms with Gasteiger partial charge in [0.05, 0.1) is 0 Å². The Morgan fingerprint density at radius 2 is 1.94 bits per heavy atom. The van der Waals surface area contributed by atoms with E-state index in [1.165, 1.54) is 18.4 Å². The summed E-state index contributed by atoms with van der Waals surface area (Å²) in [7, 11) is 0. The van der Waals surface area contributed by atoms with Crippen LogP contribution in [0.15, 0.2) is 36.5 Å². The van der Waals surface area contributed by atoms with Crippen molar-refractivity contribution >= 4 is 5.82 Å². The monoisotopic (exact) mass is 211 g/mol. The van der Waals surface area contributed by atoms with Crippen molar-refractivity contribution in [3.8, 4) is 11.4 Å². The molecule has 3 nitrogen and oxygen atoms in total. The van der Waals surface area contributed by atoms with Crippen molar-refractivity contribution in [2.45, 2.75) is 18.8 Å². The van der Waals surface area contributed by atoms with E-state index in [9.17, 15) is 0 Å². The molecule has 3 rings (SSSR count). The van der Waals surface area contributed by atoms with Gasteiger partial charge in [0.1, 0.15) is 5.82 Å². The van der Waals surface area contributed by atoms with Gasteiger partial charge in [0.25, 0.3) is 0 Å². The molecule has 0 bridgehead atoms. The van der Waals surface area contributed by atoms with E-state index >= 15 is 0 Å². The lowest BCUT2D eigenvalue weighted by Gasteiger charge is -2.07. The predicted molar refractivity (Wildman–Crippen MR) is 63.9 cm³/mol. The minimum absolute atomic E-state index is 0.524. The number of hydrogen-bond donors (Lipinski definition) is 1. The number of benzene rings is 1. The zero-order valence-electron chi connectivity index (χ0n) is 8.93. The summed E-state index contributed by atoms with van der Waals surface area (Å²) >= 11 is 0. The van der Waals surface area contributed by atoms with Crippen molar-refractivity contribution < 1.29 is 0 Å². The smallest absolute Gasteiger partial charge is 0.161 e. The molecule has 3 heteroatoms. The molecular formula is C13H13N3. The molecule has 0 atom stereocenters. The standard InChI is InChI=1S/C13H13N3/c14-12-7-8-15-13(16-12)11-4-2-1-3-10(11)9-5-6-9/h1-4,7-9H,5-6H2,(H2,14,15,16). The van der Waals surface area contributed by atoms with Crippen LogP contribution in [0.1, 0.15) is 24.3 Å². The number of nitrogens with two attached hydrogens (primary N) is 1. The molecule has 1 aromatic heterocycles. The molecule has 0 aliphatic heterocycles. The second-order valence-electron chi connectivity index (χ2n) is 4.17. The molecule has 1 aliphatic rings. The maximum absolute atomic E-state index is 5.69. The third-order valence-electron chi connectivity index (χ3n) is 2.90. The number of anilines is 1. The zero-order chi connectivity index (χ0) is 11.0. The van der Waals surface area contributed by atoms with Gasteiger partial charge >= 0.3 is 0 Å². The molecule has 1 heterocycles. The molecule has 80 valence electrons. The predicted octanol–water partition coefficient (Wildman–Crippen LogP) is 2.60. The van der Waals surface area contributed by atoms with Crippen LogP contribution in [0.25, 0.3) is 11.4 Å². The summed E-state index contributed by atoms with van der Waals surface area (Å²) < 4.78 is 0. The van der Waals surface area contributed by atoms with Gasteiger partial charge in [-0.05, 0) is 30.4 Å². The van der Waals surface area contributed by atoms with E-state index in [-0.39, 0.29) is 0 Å². The molecule has 1 fully saturated rings. The van der Waals surface area contributed by atoms with Gasteiger partial charge in [-0.25, -0.2) is 9.97 Å². The van der Waals surface area contributed by atoms with E-state index in [2.05, 4.69) is 28.2 Å². The number of aromatic nitrogens is 2. The van der Waals surface area contributed by atoms with Gasteiger partial charge in [-0.1, -0.05) is 24.3 Å². The Kier molecular flexibility index (Phi) is 2.10. The second-order valence-corrected chi connectivity index (χ2v) is 4.17. The zero-order valence-corrected chi connectivity index (χ0v) is 8.93. The van der Waals surface area contributed by atoms with E-state index in [1.807, 2.05) is 6.07 Å². The van der Waals surface area contributed by atoms with Gasteiger partial charge in [-0.3, -0.25) is 0 Å². The highest BCUT2D eigenvalue weighted by Gasteiger charge is 2.26. The maximum atomic E-state index is 5.69. The lowest BCUT2D eigenvalue weighted by atomic mass is 10.0. The Labute approximate surface area is 94.4 Å². The van der Waals surface area contributed by atoms with Gasteiger partial charge in [0.2, 0.25) is 0 Å². The summed E-state index contributed by atoms with van der Waals surface area (Å²) in [4.78, 5) is 8.57. The Balaban J connectivity index is 2.11. The van der Waals surface area contributed by atoms with E-state index in [0.717, 1.165) is 11.4 Å². The molecule has 1 aliphatic carbocycles. The Morgan fingerprint density at radius 3 is 2.69 bits per heavy atom. The van der Waals surface area contributed by atoms with Crippen LogP contribution in [-0.2, 0) is 0 Å². The first-order valence-electron chi connectivity index (χ1n) is 5.52. The maximum Gasteiger partial charge on any atom is 0.161 e. The minimum atomic E-state index is 0.524. The normalized spacial score (nSPS) is 15.0. The van der Waals surface area contributed by atoms with Crippen LogP contribution in [0.2, 0.25) is 0 Å². The molecule has 1 aromatic carbocycles. The molecule has 0 unspecified atom stereocenters. The van der Waals surface area contributed by atoms with Gasteiger partial charge < -0.3 is 5.73 Å². The second kappa shape index (κ2) is 3.59. The van der Waals surface area contributed by atoms with E-state index < -0.39 is 0 Å². The van der Waals surface area contributed by atoms with Crippen molar-refractivity contribution in [2.75, 3.05) is 5.73 Å². The molecule has 0 saturated heterocycles. The fourth-order valence-corrected chi connectivity index (χ4v) is 1.95. The molecule has 0 radical (unpaired) electrons. The van der Waals surface area contributed by atoms with Gasteiger partial charge in [-0.2, -0.15) is 0 Å². The molecule has 1 saturated carbocycles. The highest BCUT2D eigenvalue weighted by molar-refractivity contribution is 5.62. The van der Waals surface area contributed by atoms with Crippen LogP contribution >= 0.6 is 0 Å². The number of hydrogen-bond acceptors (Lipinski definition) is 3. The quantitative estimate of drug-likeness (QED) is 0.830. The van der Waals surface area contributed by atoms with Crippen molar-refractivity contribution in [1.29, 1.82) is 0 Å². The molecule has 16 heavy (non-hydrogen) atoms. The van der Waals surface area contributed by atoms with Crippen molar-refractivity contribution in [3.05, 3.63) is 42.1 Å². The lowest BCUT2D eigenvalue weighted by Crippen LogP contribution is -1.96. The van der Waals surface area contributed by atoms with E-state index in [0.29, 0.717) is 11.7 Å². The van der Waals surface area contributed by atoms with Gasteiger partial charge in [-0.15, -0.1) is 0 Å². The fraction of sp³-hybridized carbons (Fsp3) is 0.231. The highest BCUT2D eigenvalue weighted by Crippen LogP contribution is 2.43. The molecular weight excluding hydrogens is 198 g/mol. The van der Waals surface area contributed by atoms with Crippen LogP contribution in [-0.4, -0.2) is 9.97 Å². The first-order chi connectivity index (χ1) is 7.84. The largest absolute Gasteiger partial charge is 0.384 e. The van der Waals surface area contributed by atoms with Crippen molar-refractivity contribution in [3.63, 3.8) is 0 Å². The Morgan fingerprint density at radius 1 is 1.12 bits per heavy atom. The molecule has 2 N–H and O–H groups in total. The lowest BCUT2D eigenvalue weighted by molar-refractivity contribution is 1.10. The van der Waals surface area contributed by atoms with Crippen LogP contribution in [0.5, 0.6) is 0 Å². The molecule has 2 aromatic rings. The van der Waals surface area contributed by atoms with Gasteiger partial charge in [0, 0.05) is 11.8 Å². The molecule has 0 spiro atoms. The third kappa shape index (κ3) is 1.65. The highest BCUT2D eigenvalue weighted by atomic mass is 14.9. The Hall–Kier alpha value is -1.90. The average molecular weight is 211 g/mol.